The Labute approximate surface area is 69.7 Å². The first-order valence-corrected chi connectivity index (χ1v) is 3.42. The van der Waals surface area contributed by atoms with Crippen molar-refractivity contribution in [2.45, 2.75) is 12.8 Å². The topological polar surface area (TPSA) is 105 Å². The lowest BCUT2D eigenvalue weighted by Crippen LogP contribution is -2.16. The van der Waals surface area contributed by atoms with Crippen molar-refractivity contribution in [3.8, 4) is 0 Å². The van der Waals surface area contributed by atoms with Crippen LogP contribution >= 0.6 is 0 Å². The van der Waals surface area contributed by atoms with Crippen LogP contribution in [0.5, 0.6) is 0 Å². The molecular weight excluding hydrogens is 164 g/mol. The molecule has 0 aliphatic carbocycles. The molecule has 0 aromatic heterocycles. The maximum atomic E-state index is 10.7. The number of esters is 1. The third kappa shape index (κ3) is 6.97. The third-order valence-corrected chi connectivity index (χ3v) is 1.04. The molecule has 0 bridgehead atoms. The fourth-order valence-electron chi connectivity index (χ4n) is 0.501. The summed E-state index contributed by atoms with van der Waals surface area (Å²) in [6.45, 7) is 0.233. The molecule has 12 heavy (non-hydrogen) atoms. The SMILES string of the molecule is NOCCOC(=O)CCC(N)=O. The van der Waals surface area contributed by atoms with Gasteiger partial charge in [-0.3, -0.25) is 9.59 Å². The van der Waals surface area contributed by atoms with E-state index in [0.717, 1.165) is 0 Å². The maximum absolute atomic E-state index is 10.7. The van der Waals surface area contributed by atoms with Crippen LogP contribution in [0.25, 0.3) is 0 Å². The van der Waals surface area contributed by atoms with Crippen LogP contribution in [0.15, 0.2) is 0 Å². The van der Waals surface area contributed by atoms with E-state index in [1.165, 1.54) is 0 Å². The van der Waals surface area contributed by atoms with Crippen molar-refractivity contribution in [3.63, 3.8) is 0 Å². The van der Waals surface area contributed by atoms with E-state index in [9.17, 15) is 9.59 Å². The largest absolute Gasteiger partial charge is 0.463 e. The molecule has 0 saturated heterocycles. The molecule has 0 heterocycles. The van der Waals surface area contributed by atoms with Gasteiger partial charge in [-0.05, 0) is 0 Å². The lowest BCUT2D eigenvalue weighted by Gasteiger charge is -2.01. The Kier molecular flexibility index (Phi) is 5.94. The van der Waals surface area contributed by atoms with Gasteiger partial charge in [0.05, 0.1) is 6.42 Å². The molecule has 0 atom stereocenters. The Balaban J connectivity index is 3.28. The number of hydrogen-bond acceptors (Lipinski definition) is 5. The predicted molar refractivity (Wildman–Crippen MR) is 39.5 cm³/mol. The standard InChI is InChI=1S/C6H12N2O4/c7-5(9)1-2-6(10)11-3-4-12-8/h1-4,8H2,(H2,7,9). The molecule has 0 aliphatic rings. The van der Waals surface area contributed by atoms with Gasteiger partial charge < -0.3 is 15.3 Å². The number of nitrogens with two attached hydrogens (primary N) is 2. The van der Waals surface area contributed by atoms with Crippen molar-refractivity contribution < 1.29 is 19.2 Å². The Hall–Kier alpha value is -1.14. The number of primary amides is 1. The predicted octanol–water partition coefficient (Wildman–Crippen LogP) is -1.31. The minimum atomic E-state index is -0.526. The van der Waals surface area contributed by atoms with Gasteiger partial charge in [-0.25, -0.2) is 5.90 Å². The number of amides is 1. The van der Waals surface area contributed by atoms with Crippen LogP contribution in [0.1, 0.15) is 12.8 Å². The average Bonchev–Trinajstić information content (AvgIpc) is 2.01. The smallest absolute Gasteiger partial charge is 0.306 e. The maximum Gasteiger partial charge on any atom is 0.306 e. The van der Waals surface area contributed by atoms with E-state index in [1.54, 1.807) is 0 Å². The molecule has 0 rings (SSSR count). The van der Waals surface area contributed by atoms with Crippen molar-refractivity contribution in [2.24, 2.45) is 11.6 Å². The number of carbonyl (C=O) groups excluding carboxylic acids is 2. The molecule has 0 aromatic rings. The summed E-state index contributed by atoms with van der Waals surface area (Å²) in [4.78, 5) is 25.0. The van der Waals surface area contributed by atoms with Crippen molar-refractivity contribution in [3.05, 3.63) is 0 Å². The van der Waals surface area contributed by atoms with Crippen LogP contribution in [-0.4, -0.2) is 25.1 Å². The molecular formula is C6H12N2O4. The first kappa shape index (κ1) is 10.9. The van der Waals surface area contributed by atoms with Gasteiger partial charge in [0.25, 0.3) is 0 Å². The van der Waals surface area contributed by atoms with Crippen LogP contribution in [0.3, 0.4) is 0 Å². The van der Waals surface area contributed by atoms with Gasteiger partial charge in [0.15, 0.2) is 0 Å². The molecule has 0 unspecified atom stereocenters. The highest BCUT2D eigenvalue weighted by Crippen LogP contribution is 1.91. The minimum Gasteiger partial charge on any atom is -0.463 e. The summed E-state index contributed by atoms with van der Waals surface area (Å²) in [7, 11) is 0. The van der Waals surface area contributed by atoms with Crippen LogP contribution in [0.2, 0.25) is 0 Å². The highest BCUT2D eigenvalue weighted by atomic mass is 16.6. The molecule has 0 radical (unpaired) electrons. The second-order valence-corrected chi connectivity index (χ2v) is 2.06. The monoisotopic (exact) mass is 176 g/mol. The molecule has 0 spiro atoms. The lowest BCUT2D eigenvalue weighted by molar-refractivity contribution is -0.146. The Morgan fingerprint density at radius 1 is 1.17 bits per heavy atom. The highest BCUT2D eigenvalue weighted by molar-refractivity contribution is 5.79. The van der Waals surface area contributed by atoms with Crippen LogP contribution in [0, 0.1) is 0 Å². The normalized spacial score (nSPS) is 9.42. The molecule has 0 aromatic carbocycles. The molecule has 6 nitrogen and oxygen atoms in total. The molecule has 0 aliphatic heterocycles. The van der Waals surface area contributed by atoms with Gasteiger partial charge in [0.2, 0.25) is 5.91 Å². The summed E-state index contributed by atoms with van der Waals surface area (Å²) in [6.07, 6.45) is 0.00220. The van der Waals surface area contributed by atoms with Crippen molar-refractivity contribution in [1.29, 1.82) is 0 Å². The Morgan fingerprint density at radius 3 is 2.33 bits per heavy atom. The molecule has 70 valence electrons. The van der Waals surface area contributed by atoms with Crippen molar-refractivity contribution >= 4 is 11.9 Å². The van der Waals surface area contributed by atoms with E-state index in [4.69, 9.17) is 5.73 Å². The zero-order valence-electron chi connectivity index (χ0n) is 6.62. The van der Waals surface area contributed by atoms with E-state index in [2.05, 4.69) is 15.5 Å². The Bertz CT molecular complexity index is 160. The van der Waals surface area contributed by atoms with Gasteiger partial charge >= 0.3 is 5.97 Å². The summed E-state index contributed by atoms with van der Waals surface area (Å²) in [6, 6.07) is 0. The average molecular weight is 176 g/mol. The van der Waals surface area contributed by atoms with Gasteiger partial charge in [0, 0.05) is 6.42 Å². The second-order valence-electron chi connectivity index (χ2n) is 2.06. The van der Waals surface area contributed by atoms with E-state index in [1.807, 2.05) is 0 Å². The Morgan fingerprint density at radius 2 is 1.83 bits per heavy atom. The van der Waals surface area contributed by atoms with Crippen LogP contribution in [-0.2, 0) is 19.2 Å². The zero-order valence-corrected chi connectivity index (χ0v) is 6.62. The molecule has 1 amide bonds. The van der Waals surface area contributed by atoms with Gasteiger partial charge in [0.1, 0.15) is 13.2 Å². The quantitative estimate of drug-likeness (QED) is 0.297. The molecule has 0 saturated carbocycles. The summed E-state index contributed by atoms with van der Waals surface area (Å²) >= 11 is 0. The zero-order chi connectivity index (χ0) is 9.40. The molecule has 0 fully saturated rings. The number of hydrogen-bond donors (Lipinski definition) is 2. The summed E-state index contributed by atoms with van der Waals surface area (Å²) in [5.41, 5.74) is 4.80. The highest BCUT2D eigenvalue weighted by Gasteiger charge is 2.04. The number of ether oxygens (including phenoxy) is 1. The van der Waals surface area contributed by atoms with Crippen molar-refractivity contribution in [1.82, 2.24) is 0 Å². The minimum absolute atomic E-state index is 0.0000945. The van der Waals surface area contributed by atoms with Gasteiger partial charge in [-0.2, -0.15) is 0 Å². The first-order chi connectivity index (χ1) is 5.66. The summed E-state index contributed by atoms with van der Waals surface area (Å²) < 4.78 is 4.58. The van der Waals surface area contributed by atoms with Gasteiger partial charge in [-0.1, -0.05) is 0 Å². The second kappa shape index (κ2) is 6.56. The van der Waals surface area contributed by atoms with Crippen LogP contribution < -0.4 is 11.6 Å². The van der Waals surface area contributed by atoms with E-state index in [-0.39, 0.29) is 26.1 Å². The fourth-order valence-corrected chi connectivity index (χ4v) is 0.501. The third-order valence-electron chi connectivity index (χ3n) is 1.04. The number of carbonyl (C=O) groups is 2. The fraction of sp³-hybridized carbons (Fsp3) is 0.667. The van der Waals surface area contributed by atoms with Crippen molar-refractivity contribution in [2.75, 3.05) is 13.2 Å². The number of rotatable bonds is 6. The van der Waals surface area contributed by atoms with Crippen LogP contribution in [0.4, 0.5) is 0 Å². The van der Waals surface area contributed by atoms with E-state index in [0.29, 0.717) is 0 Å². The first-order valence-electron chi connectivity index (χ1n) is 3.42. The molecule has 6 heteroatoms. The lowest BCUT2D eigenvalue weighted by atomic mass is 10.3. The summed E-state index contributed by atoms with van der Waals surface area (Å²) in [5.74, 6) is 3.66. The molecule has 4 N–H and O–H groups in total. The van der Waals surface area contributed by atoms with E-state index < -0.39 is 11.9 Å². The van der Waals surface area contributed by atoms with Gasteiger partial charge in [-0.15, -0.1) is 0 Å². The summed E-state index contributed by atoms with van der Waals surface area (Å²) in [5, 5.41) is 0. The van der Waals surface area contributed by atoms with E-state index >= 15 is 0 Å².